The molecule has 0 spiro atoms. The first-order valence-corrected chi connectivity index (χ1v) is 5.74. The van der Waals surface area contributed by atoms with Crippen molar-refractivity contribution in [2.45, 2.75) is 51.7 Å². The van der Waals surface area contributed by atoms with Gasteiger partial charge in [0.05, 0.1) is 5.60 Å². The van der Waals surface area contributed by atoms with Gasteiger partial charge in [-0.15, -0.1) is 0 Å². The highest BCUT2D eigenvalue weighted by Gasteiger charge is 2.28. The van der Waals surface area contributed by atoms with Gasteiger partial charge in [0, 0.05) is 19.2 Å². The van der Waals surface area contributed by atoms with Gasteiger partial charge in [-0.05, 0) is 33.1 Å². The Morgan fingerprint density at radius 2 is 2.33 bits per heavy atom. The highest BCUT2D eigenvalue weighted by molar-refractivity contribution is 5.78. The Balaban J connectivity index is 2.38. The molecular formula is C11H23N3O. The van der Waals surface area contributed by atoms with Crippen LogP contribution in [0.4, 0.5) is 0 Å². The molecule has 1 heterocycles. The largest absolute Gasteiger partial charge is 0.375 e. The van der Waals surface area contributed by atoms with Crippen LogP contribution in [0.5, 0.6) is 0 Å². The Labute approximate surface area is 92.3 Å². The van der Waals surface area contributed by atoms with Crippen molar-refractivity contribution in [3.05, 3.63) is 0 Å². The topological polar surface area (TPSA) is 59.6 Å². The van der Waals surface area contributed by atoms with Crippen molar-refractivity contribution in [1.82, 2.24) is 5.32 Å². The molecule has 1 atom stereocenters. The van der Waals surface area contributed by atoms with E-state index in [0.717, 1.165) is 32.4 Å². The lowest BCUT2D eigenvalue weighted by molar-refractivity contribution is -0.0605. The number of nitrogens with one attached hydrogen (secondary N) is 1. The van der Waals surface area contributed by atoms with Crippen LogP contribution in [-0.4, -0.2) is 30.8 Å². The summed E-state index contributed by atoms with van der Waals surface area (Å²) < 4.78 is 5.64. The Morgan fingerprint density at radius 1 is 1.60 bits per heavy atom. The zero-order chi connectivity index (χ0) is 11.3. The number of aliphatic imine (C=N–C) groups is 1. The van der Waals surface area contributed by atoms with Gasteiger partial charge in [0.1, 0.15) is 0 Å². The van der Waals surface area contributed by atoms with Crippen molar-refractivity contribution < 1.29 is 4.74 Å². The van der Waals surface area contributed by atoms with E-state index in [1.54, 1.807) is 0 Å². The van der Waals surface area contributed by atoms with Gasteiger partial charge >= 0.3 is 0 Å². The minimum Gasteiger partial charge on any atom is -0.375 e. The second-order valence-electron chi connectivity index (χ2n) is 4.71. The van der Waals surface area contributed by atoms with Crippen LogP contribution >= 0.6 is 0 Å². The van der Waals surface area contributed by atoms with E-state index in [1.165, 1.54) is 0 Å². The van der Waals surface area contributed by atoms with E-state index in [-0.39, 0.29) is 5.60 Å². The maximum atomic E-state index is 5.78. The summed E-state index contributed by atoms with van der Waals surface area (Å²) >= 11 is 0. The minimum absolute atomic E-state index is 0.0407. The summed E-state index contributed by atoms with van der Waals surface area (Å²) in [5.41, 5.74) is 5.74. The molecule has 15 heavy (non-hydrogen) atoms. The molecule has 0 aromatic carbocycles. The molecule has 0 radical (unpaired) electrons. The van der Waals surface area contributed by atoms with Gasteiger partial charge in [0.25, 0.3) is 0 Å². The van der Waals surface area contributed by atoms with Crippen molar-refractivity contribution in [3.63, 3.8) is 0 Å². The summed E-state index contributed by atoms with van der Waals surface area (Å²) in [5, 5.41) is 3.26. The zero-order valence-electron chi connectivity index (χ0n) is 10.0. The van der Waals surface area contributed by atoms with Gasteiger partial charge in [-0.2, -0.15) is 0 Å². The van der Waals surface area contributed by atoms with Crippen molar-refractivity contribution in [2.24, 2.45) is 10.7 Å². The Bertz CT molecular complexity index is 226. The molecule has 1 rings (SSSR count). The molecular weight excluding hydrogens is 190 g/mol. The summed E-state index contributed by atoms with van der Waals surface area (Å²) in [5.74, 6) is 0.569. The van der Waals surface area contributed by atoms with Crippen LogP contribution in [0, 0.1) is 0 Å². The fourth-order valence-corrected chi connectivity index (χ4v) is 1.84. The van der Waals surface area contributed by atoms with Crippen LogP contribution in [0.15, 0.2) is 4.99 Å². The van der Waals surface area contributed by atoms with Gasteiger partial charge in [0.2, 0.25) is 0 Å². The van der Waals surface area contributed by atoms with E-state index in [9.17, 15) is 0 Å². The van der Waals surface area contributed by atoms with Crippen LogP contribution in [0.2, 0.25) is 0 Å². The fraction of sp³-hybridized carbons (Fsp3) is 0.909. The molecule has 0 saturated carbocycles. The van der Waals surface area contributed by atoms with Gasteiger partial charge in [-0.3, -0.25) is 4.99 Å². The maximum Gasteiger partial charge on any atom is 0.188 e. The molecule has 0 amide bonds. The third kappa shape index (κ3) is 4.51. The van der Waals surface area contributed by atoms with Crippen molar-refractivity contribution in [1.29, 1.82) is 0 Å². The minimum atomic E-state index is -0.0407. The molecule has 0 aromatic heterocycles. The molecule has 1 unspecified atom stereocenters. The first-order chi connectivity index (χ1) is 7.03. The van der Waals surface area contributed by atoms with Gasteiger partial charge in [0.15, 0.2) is 5.96 Å². The molecule has 1 fully saturated rings. The molecule has 88 valence electrons. The number of hydrogen-bond acceptors (Lipinski definition) is 2. The van der Waals surface area contributed by atoms with Gasteiger partial charge in [-0.1, -0.05) is 6.92 Å². The Morgan fingerprint density at radius 3 is 2.93 bits per heavy atom. The van der Waals surface area contributed by atoms with Crippen molar-refractivity contribution >= 4 is 5.96 Å². The molecule has 1 aliphatic heterocycles. The number of rotatable bonds is 3. The summed E-state index contributed by atoms with van der Waals surface area (Å²) in [7, 11) is 0. The van der Waals surface area contributed by atoms with E-state index in [0.29, 0.717) is 12.0 Å². The average molecular weight is 213 g/mol. The van der Waals surface area contributed by atoms with Crippen molar-refractivity contribution in [2.75, 3.05) is 13.2 Å². The number of nitrogens with two attached hydrogens (primary N) is 1. The van der Waals surface area contributed by atoms with E-state index < -0.39 is 0 Å². The molecule has 0 bridgehead atoms. The molecule has 4 heteroatoms. The molecule has 3 N–H and O–H groups in total. The molecule has 0 aliphatic carbocycles. The standard InChI is InChI=1S/C11H23N3O/c1-4-6-13-10(12)14-9-5-7-15-11(2,3)8-9/h9H,4-8H2,1-3H3,(H3,12,13,14). The third-order valence-corrected chi connectivity index (χ3v) is 2.55. The van der Waals surface area contributed by atoms with E-state index >= 15 is 0 Å². The van der Waals surface area contributed by atoms with Crippen LogP contribution in [-0.2, 0) is 4.74 Å². The van der Waals surface area contributed by atoms with E-state index in [2.05, 4.69) is 31.1 Å². The molecule has 1 aliphatic rings. The third-order valence-electron chi connectivity index (χ3n) is 2.55. The first kappa shape index (κ1) is 12.3. The van der Waals surface area contributed by atoms with Crippen LogP contribution in [0.25, 0.3) is 0 Å². The van der Waals surface area contributed by atoms with Gasteiger partial charge < -0.3 is 15.8 Å². The van der Waals surface area contributed by atoms with E-state index in [1.807, 2.05) is 0 Å². The molecule has 1 saturated heterocycles. The number of guanidine groups is 1. The van der Waals surface area contributed by atoms with E-state index in [4.69, 9.17) is 10.5 Å². The lowest BCUT2D eigenvalue weighted by Crippen LogP contribution is -2.48. The van der Waals surface area contributed by atoms with Crippen LogP contribution in [0.1, 0.15) is 40.0 Å². The number of ether oxygens (including phenoxy) is 1. The first-order valence-electron chi connectivity index (χ1n) is 5.74. The molecule has 0 aromatic rings. The Hall–Kier alpha value is -0.770. The normalized spacial score (nSPS) is 26.3. The summed E-state index contributed by atoms with van der Waals surface area (Å²) in [4.78, 5) is 4.23. The second kappa shape index (κ2) is 5.35. The summed E-state index contributed by atoms with van der Waals surface area (Å²) in [6.45, 7) is 7.91. The molecule has 4 nitrogen and oxygen atoms in total. The van der Waals surface area contributed by atoms with Crippen LogP contribution in [0.3, 0.4) is 0 Å². The summed E-state index contributed by atoms with van der Waals surface area (Å²) in [6.07, 6.45) is 3.02. The SMILES string of the molecule is CCCN=C(N)NC1CCOC(C)(C)C1. The average Bonchev–Trinajstić information content (AvgIpc) is 2.13. The second-order valence-corrected chi connectivity index (χ2v) is 4.71. The van der Waals surface area contributed by atoms with Gasteiger partial charge in [-0.25, -0.2) is 0 Å². The predicted molar refractivity (Wildman–Crippen MR) is 63.0 cm³/mol. The Kier molecular flexibility index (Phi) is 4.39. The zero-order valence-corrected chi connectivity index (χ0v) is 10.0. The smallest absolute Gasteiger partial charge is 0.188 e. The highest BCUT2D eigenvalue weighted by Crippen LogP contribution is 2.23. The number of hydrogen-bond donors (Lipinski definition) is 2. The fourth-order valence-electron chi connectivity index (χ4n) is 1.84. The maximum absolute atomic E-state index is 5.78. The lowest BCUT2D eigenvalue weighted by Gasteiger charge is -2.35. The highest BCUT2D eigenvalue weighted by atomic mass is 16.5. The monoisotopic (exact) mass is 213 g/mol. The van der Waals surface area contributed by atoms with Crippen LogP contribution < -0.4 is 11.1 Å². The predicted octanol–water partition coefficient (Wildman–Crippen LogP) is 1.26. The quantitative estimate of drug-likeness (QED) is 0.548. The van der Waals surface area contributed by atoms with Crippen molar-refractivity contribution in [3.8, 4) is 0 Å². The summed E-state index contributed by atoms with van der Waals surface area (Å²) in [6, 6.07) is 0.398. The lowest BCUT2D eigenvalue weighted by atomic mass is 9.94. The number of nitrogens with zero attached hydrogens (tertiary/aromatic N) is 1.